The molecule has 2 heterocycles. The van der Waals surface area contributed by atoms with Crippen molar-refractivity contribution in [3.05, 3.63) is 90.0 Å². The van der Waals surface area contributed by atoms with Crippen LogP contribution >= 0.6 is 0 Å². The van der Waals surface area contributed by atoms with Gasteiger partial charge in [0.25, 0.3) is 0 Å². The number of likely N-dealkylation sites (tertiary alicyclic amines) is 1. The van der Waals surface area contributed by atoms with E-state index in [9.17, 15) is 14.4 Å². The van der Waals surface area contributed by atoms with E-state index >= 15 is 0 Å². The van der Waals surface area contributed by atoms with E-state index in [0.29, 0.717) is 12.1 Å². The van der Waals surface area contributed by atoms with Crippen LogP contribution in [0.4, 0.5) is 0 Å². The standard InChI is InChI=1S/C29H28N2O4/c1-30(19-24-16-22-10-6-7-11-25(22)35-24)26(32)17-29(18-27(33)31(2)28(29)34)23-14-12-21(13-15-23)20-8-4-3-5-9-20/h3-15,24H,16-19H2,1-2H3/t24-,29+/m1/s1. The number of likely N-dealkylation sites (N-methyl/N-ethyl adjacent to an activating group) is 2. The fourth-order valence-electron chi connectivity index (χ4n) is 5.12. The SMILES string of the molecule is CN(C[C@H]1Cc2ccccc2O1)C(=O)C[C@@]1(c2ccc(-c3ccccc3)cc2)CC(=O)N(C)C1=O. The van der Waals surface area contributed by atoms with E-state index < -0.39 is 5.41 Å². The van der Waals surface area contributed by atoms with Gasteiger partial charge in [-0.1, -0.05) is 72.8 Å². The molecule has 6 heteroatoms. The van der Waals surface area contributed by atoms with Crippen molar-refractivity contribution in [1.29, 1.82) is 0 Å². The summed E-state index contributed by atoms with van der Waals surface area (Å²) in [5.74, 6) is 0.0630. The van der Waals surface area contributed by atoms with E-state index in [1.54, 1.807) is 11.9 Å². The first-order valence-electron chi connectivity index (χ1n) is 11.8. The molecule has 0 spiro atoms. The molecule has 178 valence electrons. The Morgan fingerprint density at radius 1 is 0.971 bits per heavy atom. The van der Waals surface area contributed by atoms with Crippen molar-refractivity contribution in [2.24, 2.45) is 0 Å². The van der Waals surface area contributed by atoms with Crippen LogP contribution in [0, 0.1) is 0 Å². The van der Waals surface area contributed by atoms with Gasteiger partial charge >= 0.3 is 0 Å². The zero-order valence-electron chi connectivity index (χ0n) is 19.9. The van der Waals surface area contributed by atoms with Crippen molar-refractivity contribution in [2.45, 2.75) is 30.8 Å². The zero-order valence-corrected chi connectivity index (χ0v) is 19.9. The molecule has 2 aliphatic heterocycles. The molecule has 35 heavy (non-hydrogen) atoms. The van der Waals surface area contributed by atoms with Gasteiger partial charge in [-0.25, -0.2) is 0 Å². The molecule has 1 saturated heterocycles. The Morgan fingerprint density at radius 3 is 2.29 bits per heavy atom. The minimum absolute atomic E-state index is 0.0159. The van der Waals surface area contributed by atoms with Gasteiger partial charge in [0.15, 0.2) is 0 Å². The third-order valence-corrected chi connectivity index (χ3v) is 7.16. The Labute approximate surface area is 205 Å². The highest BCUT2D eigenvalue weighted by Crippen LogP contribution is 2.40. The van der Waals surface area contributed by atoms with Gasteiger partial charge in [0, 0.05) is 33.4 Å². The predicted molar refractivity (Wildman–Crippen MR) is 133 cm³/mol. The monoisotopic (exact) mass is 468 g/mol. The minimum atomic E-state index is -1.20. The van der Waals surface area contributed by atoms with Crippen molar-refractivity contribution >= 4 is 17.7 Å². The second kappa shape index (κ2) is 9.02. The normalized spacial score (nSPS) is 21.1. The average Bonchev–Trinajstić information content (AvgIpc) is 3.38. The summed E-state index contributed by atoms with van der Waals surface area (Å²) in [5, 5.41) is 0. The molecule has 1 fully saturated rings. The largest absolute Gasteiger partial charge is 0.488 e. The van der Waals surface area contributed by atoms with Gasteiger partial charge < -0.3 is 9.64 Å². The van der Waals surface area contributed by atoms with E-state index in [4.69, 9.17) is 4.74 Å². The van der Waals surface area contributed by atoms with Gasteiger partial charge in [0.2, 0.25) is 17.7 Å². The summed E-state index contributed by atoms with van der Waals surface area (Å²) in [6.45, 7) is 0.411. The summed E-state index contributed by atoms with van der Waals surface area (Å²) in [6.07, 6.45) is 0.520. The molecule has 2 aliphatic rings. The summed E-state index contributed by atoms with van der Waals surface area (Å²) in [7, 11) is 3.22. The van der Waals surface area contributed by atoms with Crippen LogP contribution in [-0.2, 0) is 26.2 Å². The second-order valence-electron chi connectivity index (χ2n) is 9.46. The molecular weight excluding hydrogens is 440 g/mol. The molecule has 0 aromatic heterocycles. The van der Waals surface area contributed by atoms with Gasteiger partial charge in [-0.3, -0.25) is 19.3 Å². The number of carbonyl (C=O) groups excluding carboxylic acids is 3. The van der Waals surface area contributed by atoms with Crippen molar-refractivity contribution in [3.63, 3.8) is 0 Å². The third kappa shape index (κ3) is 4.20. The first-order valence-corrected chi connectivity index (χ1v) is 11.8. The van der Waals surface area contributed by atoms with Crippen molar-refractivity contribution in [3.8, 4) is 16.9 Å². The molecule has 3 amide bonds. The second-order valence-corrected chi connectivity index (χ2v) is 9.46. The molecule has 3 aromatic carbocycles. The quantitative estimate of drug-likeness (QED) is 0.516. The highest BCUT2D eigenvalue weighted by molar-refractivity contribution is 6.10. The molecular formula is C29H28N2O4. The molecule has 0 radical (unpaired) electrons. The smallest absolute Gasteiger partial charge is 0.240 e. The number of imide groups is 1. The van der Waals surface area contributed by atoms with Gasteiger partial charge in [0.1, 0.15) is 11.9 Å². The Morgan fingerprint density at radius 2 is 1.63 bits per heavy atom. The molecule has 0 N–H and O–H groups in total. The lowest BCUT2D eigenvalue weighted by Crippen LogP contribution is -2.43. The van der Waals surface area contributed by atoms with Gasteiger partial charge in [-0.15, -0.1) is 0 Å². The maximum Gasteiger partial charge on any atom is 0.240 e. The predicted octanol–water partition coefficient (Wildman–Crippen LogP) is 3.83. The van der Waals surface area contributed by atoms with Crippen LogP contribution in [0.5, 0.6) is 5.75 Å². The van der Waals surface area contributed by atoms with Gasteiger partial charge in [-0.2, -0.15) is 0 Å². The van der Waals surface area contributed by atoms with Crippen molar-refractivity contribution < 1.29 is 19.1 Å². The number of benzene rings is 3. The molecule has 6 nitrogen and oxygen atoms in total. The Hall–Kier alpha value is -3.93. The Bertz CT molecular complexity index is 1250. The number of ether oxygens (including phenoxy) is 1. The fraction of sp³-hybridized carbons (Fsp3) is 0.276. The number of carbonyl (C=O) groups is 3. The van der Waals surface area contributed by atoms with E-state index in [0.717, 1.165) is 33.8 Å². The molecule has 0 unspecified atom stereocenters. The number of nitrogens with zero attached hydrogens (tertiary/aromatic N) is 2. The van der Waals surface area contributed by atoms with Gasteiger partial charge in [-0.05, 0) is 28.3 Å². The molecule has 5 rings (SSSR count). The number of para-hydroxylation sites is 1. The molecule has 2 atom stereocenters. The van der Waals surface area contributed by atoms with Crippen molar-refractivity contribution in [1.82, 2.24) is 9.80 Å². The summed E-state index contributed by atoms with van der Waals surface area (Å²) in [4.78, 5) is 42.1. The fourth-order valence-corrected chi connectivity index (χ4v) is 5.12. The number of rotatable bonds is 6. The molecule has 0 bridgehead atoms. The lowest BCUT2D eigenvalue weighted by molar-refractivity contribution is -0.141. The number of fused-ring (bicyclic) bond motifs is 1. The number of hydrogen-bond donors (Lipinski definition) is 0. The highest BCUT2D eigenvalue weighted by Gasteiger charge is 2.52. The van der Waals surface area contributed by atoms with Crippen LogP contribution in [0.25, 0.3) is 11.1 Å². The van der Waals surface area contributed by atoms with E-state index in [2.05, 4.69) is 0 Å². The minimum Gasteiger partial charge on any atom is -0.488 e. The number of hydrogen-bond acceptors (Lipinski definition) is 4. The Balaban J connectivity index is 1.36. The third-order valence-electron chi connectivity index (χ3n) is 7.16. The van der Waals surface area contributed by atoms with Crippen LogP contribution in [0.2, 0.25) is 0 Å². The topological polar surface area (TPSA) is 66.9 Å². The van der Waals surface area contributed by atoms with Gasteiger partial charge in [0.05, 0.1) is 12.0 Å². The molecule has 3 aromatic rings. The van der Waals surface area contributed by atoms with Crippen LogP contribution in [-0.4, -0.2) is 54.3 Å². The maximum atomic E-state index is 13.4. The summed E-state index contributed by atoms with van der Waals surface area (Å²) >= 11 is 0. The average molecular weight is 469 g/mol. The first-order chi connectivity index (χ1) is 16.9. The van der Waals surface area contributed by atoms with Crippen LogP contribution in [0.3, 0.4) is 0 Å². The van der Waals surface area contributed by atoms with E-state index in [1.165, 1.54) is 7.05 Å². The molecule has 0 aliphatic carbocycles. The summed E-state index contributed by atoms with van der Waals surface area (Å²) in [6, 6.07) is 25.5. The van der Waals surface area contributed by atoms with Crippen LogP contribution in [0.15, 0.2) is 78.9 Å². The van der Waals surface area contributed by atoms with Crippen LogP contribution in [0.1, 0.15) is 24.0 Å². The zero-order chi connectivity index (χ0) is 24.6. The lowest BCUT2D eigenvalue weighted by Gasteiger charge is -2.29. The Kier molecular flexibility index (Phi) is 5.89. The first kappa shape index (κ1) is 22.8. The lowest BCUT2D eigenvalue weighted by atomic mass is 9.75. The van der Waals surface area contributed by atoms with Crippen molar-refractivity contribution in [2.75, 3.05) is 20.6 Å². The molecule has 0 saturated carbocycles. The van der Waals surface area contributed by atoms with E-state index in [1.807, 2.05) is 78.9 Å². The maximum absolute atomic E-state index is 13.4. The number of amides is 3. The summed E-state index contributed by atoms with van der Waals surface area (Å²) < 4.78 is 5.99. The highest BCUT2D eigenvalue weighted by atomic mass is 16.5. The van der Waals surface area contributed by atoms with Crippen LogP contribution < -0.4 is 4.74 Å². The summed E-state index contributed by atoms with van der Waals surface area (Å²) in [5.41, 5.74) is 2.69. The van der Waals surface area contributed by atoms with E-state index in [-0.39, 0.29) is 36.7 Å².